The zero-order valence-electron chi connectivity index (χ0n) is 11.0. The quantitative estimate of drug-likeness (QED) is 0.868. The summed E-state index contributed by atoms with van der Waals surface area (Å²) in [6, 6.07) is 0.554. The summed E-state index contributed by atoms with van der Waals surface area (Å²) in [7, 11) is 2.21. The van der Waals surface area contributed by atoms with Crippen molar-refractivity contribution in [2.24, 2.45) is 5.41 Å². The highest BCUT2D eigenvalue weighted by molar-refractivity contribution is 5.30. The Hall–Kier alpha value is -1.16. The molecule has 2 rings (SSSR count). The van der Waals surface area contributed by atoms with Crippen molar-refractivity contribution in [2.45, 2.75) is 32.7 Å². The molecule has 0 amide bonds. The fourth-order valence-electron chi connectivity index (χ4n) is 2.73. The zero-order chi connectivity index (χ0) is 12.3. The van der Waals surface area contributed by atoms with Gasteiger partial charge in [-0.1, -0.05) is 13.8 Å². The number of anilines is 1. The third-order valence-corrected chi connectivity index (χ3v) is 3.81. The van der Waals surface area contributed by atoms with Gasteiger partial charge >= 0.3 is 0 Å². The lowest BCUT2D eigenvalue weighted by molar-refractivity contribution is 0.0671. The van der Waals surface area contributed by atoms with E-state index in [4.69, 9.17) is 0 Å². The average Bonchev–Trinajstić information content (AvgIpc) is 2.29. The number of likely N-dealkylation sites (tertiary alicyclic amines) is 1. The molecule has 1 fully saturated rings. The van der Waals surface area contributed by atoms with E-state index < -0.39 is 0 Å². The molecular formula is C13H22N4. The number of hydrogen-bond acceptors (Lipinski definition) is 4. The lowest BCUT2D eigenvalue weighted by atomic mass is 9.76. The first kappa shape index (κ1) is 12.3. The smallest absolute Gasteiger partial charge is 0.144 e. The minimum absolute atomic E-state index is 0.363. The Morgan fingerprint density at radius 1 is 1.47 bits per heavy atom. The molecule has 0 aromatic carbocycles. The van der Waals surface area contributed by atoms with Gasteiger partial charge in [0.1, 0.15) is 5.82 Å². The Balaban J connectivity index is 1.97. The fourth-order valence-corrected chi connectivity index (χ4v) is 2.73. The minimum Gasteiger partial charge on any atom is -0.367 e. The highest BCUT2D eigenvalue weighted by Gasteiger charge is 2.35. The Labute approximate surface area is 103 Å². The van der Waals surface area contributed by atoms with E-state index in [1.54, 1.807) is 18.6 Å². The van der Waals surface area contributed by atoms with Crippen LogP contribution in [0.25, 0.3) is 0 Å². The maximum atomic E-state index is 4.24. The predicted octanol–water partition coefficient (Wildman–Crippen LogP) is 2.01. The van der Waals surface area contributed by atoms with Gasteiger partial charge in [-0.2, -0.15) is 0 Å². The van der Waals surface area contributed by atoms with Gasteiger partial charge in [0.15, 0.2) is 0 Å². The van der Waals surface area contributed by atoms with E-state index in [9.17, 15) is 0 Å². The van der Waals surface area contributed by atoms with Crippen LogP contribution in [0.2, 0.25) is 0 Å². The number of hydrogen-bond donors (Lipinski definition) is 1. The molecular weight excluding hydrogens is 212 g/mol. The number of likely N-dealkylation sites (N-methyl/N-ethyl adjacent to an activating group) is 1. The molecule has 0 aliphatic carbocycles. The second-order valence-corrected chi connectivity index (χ2v) is 5.56. The van der Waals surface area contributed by atoms with Crippen LogP contribution in [0, 0.1) is 5.41 Å². The normalized spacial score (nSPS) is 24.5. The monoisotopic (exact) mass is 234 g/mol. The number of rotatable bonds is 3. The van der Waals surface area contributed by atoms with E-state index in [-0.39, 0.29) is 0 Å². The van der Waals surface area contributed by atoms with Crippen LogP contribution in [0.4, 0.5) is 5.82 Å². The van der Waals surface area contributed by atoms with Gasteiger partial charge in [-0.25, -0.2) is 4.98 Å². The third kappa shape index (κ3) is 2.94. The standard InChI is InChI=1S/C13H22N4/c1-13(2)5-4-8-17(3)11(13)9-16-12-10-14-6-7-15-12/h6-7,10-11H,4-5,8-9H2,1-3H3,(H,15,16). The molecule has 0 radical (unpaired) electrons. The molecule has 4 heteroatoms. The topological polar surface area (TPSA) is 41.0 Å². The van der Waals surface area contributed by atoms with E-state index in [0.717, 1.165) is 12.4 Å². The summed E-state index contributed by atoms with van der Waals surface area (Å²) in [6.07, 6.45) is 7.78. The van der Waals surface area contributed by atoms with E-state index in [1.807, 2.05) is 0 Å². The predicted molar refractivity (Wildman–Crippen MR) is 70.0 cm³/mol. The molecule has 1 saturated heterocycles. The summed E-state index contributed by atoms with van der Waals surface area (Å²) in [5.74, 6) is 0.863. The Bertz CT molecular complexity index is 350. The summed E-state index contributed by atoms with van der Waals surface area (Å²) in [5, 5.41) is 3.39. The second-order valence-electron chi connectivity index (χ2n) is 5.56. The van der Waals surface area contributed by atoms with Crippen LogP contribution in [0.3, 0.4) is 0 Å². The van der Waals surface area contributed by atoms with Crippen molar-refractivity contribution in [3.8, 4) is 0 Å². The van der Waals surface area contributed by atoms with Crippen molar-refractivity contribution in [3.05, 3.63) is 18.6 Å². The van der Waals surface area contributed by atoms with Crippen molar-refractivity contribution < 1.29 is 0 Å². The number of aromatic nitrogens is 2. The van der Waals surface area contributed by atoms with Crippen LogP contribution < -0.4 is 5.32 Å². The van der Waals surface area contributed by atoms with Crippen molar-refractivity contribution in [1.29, 1.82) is 0 Å². The van der Waals surface area contributed by atoms with Gasteiger partial charge in [0.2, 0.25) is 0 Å². The highest BCUT2D eigenvalue weighted by atomic mass is 15.2. The van der Waals surface area contributed by atoms with Crippen LogP contribution in [0.15, 0.2) is 18.6 Å². The zero-order valence-corrected chi connectivity index (χ0v) is 11.0. The fraction of sp³-hybridized carbons (Fsp3) is 0.692. The van der Waals surface area contributed by atoms with Crippen LogP contribution in [-0.4, -0.2) is 41.0 Å². The van der Waals surface area contributed by atoms with E-state index in [2.05, 4.69) is 41.1 Å². The molecule has 1 aliphatic rings. The molecule has 1 unspecified atom stereocenters. The maximum Gasteiger partial charge on any atom is 0.144 e. The van der Waals surface area contributed by atoms with Crippen LogP contribution >= 0.6 is 0 Å². The lowest BCUT2D eigenvalue weighted by Crippen LogP contribution is -2.51. The first-order valence-electron chi connectivity index (χ1n) is 6.30. The third-order valence-electron chi connectivity index (χ3n) is 3.81. The number of nitrogens with zero attached hydrogens (tertiary/aromatic N) is 3. The van der Waals surface area contributed by atoms with Crippen molar-refractivity contribution in [3.63, 3.8) is 0 Å². The Morgan fingerprint density at radius 2 is 2.29 bits per heavy atom. The SMILES string of the molecule is CN1CCCC(C)(C)C1CNc1cnccn1. The second kappa shape index (κ2) is 5.00. The average molecular weight is 234 g/mol. The molecule has 1 N–H and O–H groups in total. The number of piperidine rings is 1. The van der Waals surface area contributed by atoms with Crippen molar-refractivity contribution in [2.75, 3.05) is 25.5 Å². The van der Waals surface area contributed by atoms with Gasteiger partial charge in [-0.3, -0.25) is 4.98 Å². The minimum atomic E-state index is 0.363. The summed E-state index contributed by atoms with van der Waals surface area (Å²) in [4.78, 5) is 10.8. The van der Waals surface area contributed by atoms with Crippen LogP contribution in [-0.2, 0) is 0 Å². The molecule has 1 atom stereocenters. The van der Waals surface area contributed by atoms with E-state index >= 15 is 0 Å². The Morgan fingerprint density at radius 3 is 2.94 bits per heavy atom. The van der Waals surface area contributed by atoms with E-state index in [0.29, 0.717) is 11.5 Å². The summed E-state index contributed by atoms with van der Waals surface area (Å²) in [5.41, 5.74) is 0.363. The van der Waals surface area contributed by atoms with Crippen LogP contribution in [0.5, 0.6) is 0 Å². The summed E-state index contributed by atoms with van der Waals surface area (Å²) in [6.45, 7) is 6.83. The summed E-state index contributed by atoms with van der Waals surface area (Å²) >= 11 is 0. The van der Waals surface area contributed by atoms with Gasteiger partial charge in [-0.05, 0) is 31.8 Å². The molecule has 1 aromatic heterocycles. The van der Waals surface area contributed by atoms with Gasteiger partial charge in [0.05, 0.1) is 6.20 Å². The molecule has 2 heterocycles. The molecule has 1 aromatic rings. The first-order valence-corrected chi connectivity index (χ1v) is 6.30. The molecule has 4 nitrogen and oxygen atoms in total. The van der Waals surface area contributed by atoms with Crippen molar-refractivity contribution >= 4 is 5.82 Å². The largest absolute Gasteiger partial charge is 0.367 e. The molecule has 0 bridgehead atoms. The van der Waals surface area contributed by atoms with Crippen molar-refractivity contribution in [1.82, 2.24) is 14.9 Å². The summed E-state index contributed by atoms with van der Waals surface area (Å²) < 4.78 is 0. The maximum absolute atomic E-state index is 4.24. The van der Waals surface area contributed by atoms with Gasteiger partial charge in [0.25, 0.3) is 0 Å². The van der Waals surface area contributed by atoms with Gasteiger partial charge in [-0.15, -0.1) is 0 Å². The molecule has 0 spiro atoms. The number of nitrogens with one attached hydrogen (secondary N) is 1. The molecule has 17 heavy (non-hydrogen) atoms. The molecule has 0 saturated carbocycles. The molecule has 1 aliphatic heterocycles. The lowest BCUT2D eigenvalue weighted by Gasteiger charge is -2.45. The Kier molecular flexibility index (Phi) is 3.62. The first-order chi connectivity index (χ1) is 8.09. The molecule has 94 valence electrons. The van der Waals surface area contributed by atoms with Crippen LogP contribution in [0.1, 0.15) is 26.7 Å². The van der Waals surface area contributed by atoms with Gasteiger partial charge < -0.3 is 10.2 Å². The van der Waals surface area contributed by atoms with E-state index in [1.165, 1.54) is 19.4 Å². The van der Waals surface area contributed by atoms with Gasteiger partial charge in [0, 0.05) is 25.0 Å². The highest BCUT2D eigenvalue weighted by Crippen LogP contribution is 2.34.